The highest BCUT2D eigenvalue weighted by Crippen LogP contribution is 2.30. The molecule has 1 heterocycles. The molecule has 0 aromatic heterocycles. The van der Waals surface area contributed by atoms with Gasteiger partial charge < -0.3 is 14.7 Å². The van der Waals surface area contributed by atoms with Crippen molar-refractivity contribution in [2.45, 2.75) is 13.0 Å². The van der Waals surface area contributed by atoms with E-state index in [1.807, 2.05) is 11.0 Å². The van der Waals surface area contributed by atoms with Crippen LogP contribution < -0.4 is 4.74 Å². The fourth-order valence-corrected chi connectivity index (χ4v) is 2.67. The molecule has 1 unspecified atom stereocenters. The molecule has 1 aliphatic rings. The molecule has 0 aliphatic carbocycles. The van der Waals surface area contributed by atoms with Crippen LogP contribution >= 0.6 is 0 Å². The Bertz CT molecular complexity index is 524. The second-order valence-corrected chi connectivity index (χ2v) is 5.02. The predicted molar refractivity (Wildman–Crippen MR) is 77.2 cm³/mol. The van der Waals surface area contributed by atoms with E-state index in [2.05, 4.69) is 0 Å². The lowest BCUT2D eigenvalue weighted by atomic mass is 10.0. The number of hydrogen-bond acceptors (Lipinski definition) is 4. The van der Waals surface area contributed by atoms with Gasteiger partial charge in [-0.05, 0) is 6.07 Å². The summed E-state index contributed by atoms with van der Waals surface area (Å²) >= 11 is 0. The summed E-state index contributed by atoms with van der Waals surface area (Å²) in [6, 6.07) is 6.40. The van der Waals surface area contributed by atoms with E-state index in [-0.39, 0.29) is 5.91 Å². The van der Waals surface area contributed by atoms with Crippen LogP contribution in [0.2, 0.25) is 0 Å². The Hall–Kier alpha value is -2.08. The third-order valence-electron chi connectivity index (χ3n) is 3.79. The highest BCUT2D eigenvalue weighted by atomic mass is 16.5. The van der Waals surface area contributed by atoms with Gasteiger partial charge in [-0.15, -0.1) is 0 Å². The van der Waals surface area contributed by atoms with Gasteiger partial charge in [-0.1, -0.05) is 18.2 Å². The monoisotopic (exact) mass is 292 g/mol. The molecule has 21 heavy (non-hydrogen) atoms. The summed E-state index contributed by atoms with van der Waals surface area (Å²) in [4.78, 5) is 26.7. The van der Waals surface area contributed by atoms with Crippen molar-refractivity contribution in [3.63, 3.8) is 0 Å². The van der Waals surface area contributed by atoms with Crippen LogP contribution in [-0.2, 0) is 9.59 Å². The zero-order chi connectivity index (χ0) is 15.4. The number of para-hydroxylation sites is 1. The number of carboxylic acid groups (broad SMARTS) is 1. The van der Waals surface area contributed by atoms with Gasteiger partial charge in [0.1, 0.15) is 11.8 Å². The minimum Gasteiger partial charge on any atom is -0.496 e. The van der Waals surface area contributed by atoms with Crippen LogP contribution in [0.1, 0.15) is 18.5 Å². The van der Waals surface area contributed by atoms with E-state index in [1.165, 1.54) is 14.0 Å². The van der Waals surface area contributed by atoms with Crippen LogP contribution in [-0.4, -0.2) is 60.1 Å². The first-order valence-corrected chi connectivity index (χ1v) is 6.90. The Labute approximate surface area is 123 Å². The highest BCUT2D eigenvalue weighted by Gasteiger charge is 2.32. The second-order valence-electron chi connectivity index (χ2n) is 5.02. The molecule has 1 fully saturated rings. The van der Waals surface area contributed by atoms with Crippen molar-refractivity contribution in [3.05, 3.63) is 29.8 Å². The summed E-state index contributed by atoms with van der Waals surface area (Å²) in [6.07, 6.45) is 0. The third-order valence-corrected chi connectivity index (χ3v) is 3.79. The van der Waals surface area contributed by atoms with Gasteiger partial charge >= 0.3 is 5.97 Å². The van der Waals surface area contributed by atoms with Gasteiger partial charge in [-0.2, -0.15) is 0 Å². The van der Waals surface area contributed by atoms with Crippen molar-refractivity contribution >= 4 is 11.9 Å². The van der Waals surface area contributed by atoms with E-state index in [4.69, 9.17) is 4.74 Å². The number of rotatable bonds is 4. The average molecular weight is 292 g/mol. The largest absolute Gasteiger partial charge is 0.496 e. The summed E-state index contributed by atoms with van der Waals surface area (Å²) in [6.45, 7) is 3.70. The van der Waals surface area contributed by atoms with Crippen molar-refractivity contribution in [3.8, 4) is 5.75 Å². The molecule has 2 rings (SSSR count). The van der Waals surface area contributed by atoms with Gasteiger partial charge in [0.25, 0.3) is 0 Å². The number of carbonyl (C=O) groups excluding carboxylic acids is 1. The van der Waals surface area contributed by atoms with Gasteiger partial charge in [-0.3, -0.25) is 14.5 Å². The van der Waals surface area contributed by atoms with Crippen molar-refractivity contribution in [1.29, 1.82) is 0 Å². The first kappa shape index (κ1) is 15.3. The van der Waals surface area contributed by atoms with Crippen molar-refractivity contribution in [2.24, 2.45) is 0 Å². The van der Waals surface area contributed by atoms with Crippen molar-refractivity contribution in [2.75, 3.05) is 33.3 Å². The van der Waals surface area contributed by atoms with Crippen molar-refractivity contribution in [1.82, 2.24) is 9.80 Å². The molecule has 0 saturated carbocycles. The van der Waals surface area contributed by atoms with Crippen LogP contribution in [0.3, 0.4) is 0 Å². The molecule has 1 aromatic carbocycles. The van der Waals surface area contributed by atoms with Crippen LogP contribution in [0, 0.1) is 0 Å². The lowest BCUT2D eigenvalue weighted by Crippen LogP contribution is -2.50. The molecule has 1 saturated heterocycles. The lowest BCUT2D eigenvalue weighted by Gasteiger charge is -2.37. The quantitative estimate of drug-likeness (QED) is 0.896. The fourth-order valence-electron chi connectivity index (χ4n) is 2.67. The fraction of sp³-hybridized carbons (Fsp3) is 0.467. The maximum atomic E-state index is 11.7. The van der Waals surface area contributed by atoms with Crippen molar-refractivity contribution < 1.29 is 19.4 Å². The minimum absolute atomic E-state index is 0.0267. The first-order chi connectivity index (χ1) is 10.0. The second kappa shape index (κ2) is 6.58. The lowest BCUT2D eigenvalue weighted by molar-refractivity contribution is -0.145. The third kappa shape index (κ3) is 3.33. The van der Waals surface area contributed by atoms with E-state index in [1.54, 1.807) is 23.1 Å². The summed E-state index contributed by atoms with van der Waals surface area (Å²) in [7, 11) is 1.53. The zero-order valence-corrected chi connectivity index (χ0v) is 12.3. The van der Waals surface area contributed by atoms with Crippen LogP contribution in [0.25, 0.3) is 0 Å². The Kier molecular flexibility index (Phi) is 4.80. The molecular weight excluding hydrogens is 272 g/mol. The molecule has 6 heteroatoms. The number of ether oxygens (including phenoxy) is 1. The molecule has 1 amide bonds. The molecule has 6 nitrogen and oxygen atoms in total. The number of carboxylic acids is 1. The number of benzene rings is 1. The molecular formula is C15H20N2O4. The molecule has 0 bridgehead atoms. The standard InChI is InChI=1S/C15H20N2O4/c1-11(18)16-7-9-17(10-8-16)14(15(19)20)12-5-3-4-6-13(12)21-2/h3-6,14H,7-10H2,1-2H3,(H,19,20). The highest BCUT2D eigenvalue weighted by molar-refractivity contribution is 5.77. The van der Waals surface area contributed by atoms with Gasteiger partial charge in [0, 0.05) is 38.7 Å². The average Bonchev–Trinajstić information content (AvgIpc) is 2.48. The Morgan fingerprint density at radius 1 is 1.19 bits per heavy atom. The van der Waals surface area contributed by atoms with Crippen LogP contribution in [0.5, 0.6) is 5.75 Å². The molecule has 1 aliphatic heterocycles. The molecule has 0 spiro atoms. The maximum Gasteiger partial charge on any atom is 0.325 e. The Balaban J connectivity index is 2.21. The van der Waals surface area contributed by atoms with E-state index in [9.17, 15) is 14.7 Å². The SMILES string of the molecule is COc1ccccc1C(C(=O)O)N1CCN(C(C)=O)CC1. The minimum atomic E-state index is -0.907. The van der Waals surface area contributed by atoms with Gasteiger partial charge in [0.05, 0.1) is 7.11 Å². The number of hydrogen-bond donors (Lipinski definition) is 1. The van der Waals surface area contributed by atoms with E-state index < -0.39 is 12.0 Å². The van der Waals surface area contributed by atoms with Crippen LogP contribution in [0.4, 0.5) is 0 Å². The number of piperazine rings is 1. The normalized spacial score (nSPS) is 17.3. The van der Waals surface area contributed by atoms with Gasteiger partial charge in [-0.25, -0.2) is 0 Å². The zero-order valence-electron chi connectivity index (χ0n) is 12.3. The van der Waals surface area contributed by atoms with E-state index in [0.29, 0.717) is 37.5 Å². The van der Waals surface area contributed by atoms with E-state index >= 15 is 0 Å². The molecule has 114 valence electrons. The molecule has 1 atom stereocenters. The molecule has 1 N–H and O–H groups in total. The number of carbonyl (C=O) groups is 2. The summed E-state index contributed by atoms with van der Waals surface area (Å²) in [5, 5.41) is 9.60. The first-order valence-electron chi connectivity index (χ1n) is 6.90. The number of nitrogens with zero attached hydrogens (tertiary/aromatic N) is 2. The van der Waals surface area contributed by atoms with Gasteiger partial charge in [0.2, 0.25) is 5.91 Å². The summed E-state index contributed by atoms with van der Waals surface area (Å²) in [5.41, 5.74) is 0.642. The molecule has 0 radical (unpaired) electrons. The number of methoxy groups -OCH3 is 1. The topological polar surface area (TPSA) is 70.1 Å². The Morgan fingerprint density at radius 3 is 2.33 bits per heavy atom. The maximum absolute atomic E-state index is 11.7. The summed E-state index contributed by atoms with van der Waals surface area (Å²) in [5.74, 6) is -0.312. The molecule has 1 aromatic rings. The smallest absolute Gasteiger partial charge is 0.325 e. The predicted octanol–water partition coefficient (Wildman–Crippen LogP) is 0.985. The number of aliphatic carboxylic acids is 1. The van der Waals surface area contributed by atoms with Gasteiger partial charge in [0.15, 0.2) is 0 Å². The summed E-state index contributed by atoms with van der Waals surface area (Å²) < 4.78 is 5.27. The Morgan fingerprint density at radius 2 is 1.81 bits per heavy atom. The van der Waals surface area contributed by atoms with E-state index in [0.717, 1.165) is 0 Å². The van der Waals surface area contributed by atoms with Crippen LogP contribution in [0.15, 0.2) is 24.3 Å². The number of amides is 1.